The molecule has 17 nitrogen and oxygen atoms in total. The molecule has 0 aliphatic rings. The molecule has 0 aromatic rings. The molecule has 0 saturated carbocycles. The SMILES string of the molecule is CCCCCCCCCCCCCCCCCCCCCCCCC(=O)O[C@H](COC(=O)CCCCCCCCCCCCCCCCCCCCC)COP(=O)(O)OC[C@@H](O)COP(=O)(O)OC[C@@H](COC(=O)CCCCCCCCCCC(C)C)OC(=O)CCCCCCCCCCCCCC(C)C. The van der Waals surface area contributed by atoms with Gasteiger partial charge in [-0.2, -0.15) is 0 Å². The minimum Gasteiger partial charge on any atom is -0.462 e. The van der Waals surface area contributed by atoms with Crippen LogP contribution in [0.4, 0.5) is 0 Å². The molecule has 0 radical (unpaired) electrons. The van der Waals surface area contributed by atoms with Crippen molar-refractivity contribution in [1.82, 2.24) is 0 Å². The monoisotopic (exact) mass is 1550 g/mol. The molecule has 0 rings (SSSR count). The minimum atomic E-state index is -4.97. The summed E-state index contributed by atoms with van der Waals surface area (Å²) in [6.07, 6.45) is 71.0. The van der Waals surface area contributed by atoms with Crippen LogP contribution in [0.5, 0.6) is 0 Å². The summed E-state index contributed by atoms with van der Waals surface area (Å²) >= 11 is 0. The van der Waals surface area contributed by atoms with Gasteiger partial charge in [-0.3, -0.25) is 37.3 Å². The van der Waals surface area contributed by atoms with Gasteiger partial charge in [-0.25, -0.2) is 9.13 Å². The molecule has 2 unspecified atom stereocenters. The van der Waals surface area contributed by atoms with Crippen molar-refractivity contribution >= 4 is 39.5 Å². The van der Waals surface area contributed by atoms with Crippen LogP contribution in [0.3, 0.4) is 0 Å². The fraction of sp³-hybridized carbons (Fsp3) is 0.954. The van der Waals surface area contributed by atoms with E-state index in [4.69, 9.17) is 37.0 Å². The highest BCUT2D eigenvalue weighted by Gasteiger charge is 2.30. The van der Waals surface area contributed by atoms with Crippen LogP contribution < -0.4 is 0 Å². The van der Waals surface area contributed by atoms with Crippen LogP contribution in [0.2, 0.25) is 0 Å². The fourth-order valence-electron chi connectivity index (χ4n) is 13.6. The normalized spacial score (nSPS) is 13.8. The largest absolute Gasteiger partial charge is 0.472 e. The summed E-state index contributed by atoms with van der Waals surface area (Å²) in [5.41, 5.74) is 0. The molecule has 0 fully saturated rings. The Bertz CT molecular complexity index is 2030. The number of carbonyl (C=O) groups is 4. The van der Waals surface area contributed by atoms with Gasteiger partial charge < -0.3 is 33.8 Å². The summed E-state index contributed by atoms with van der Waals surface area (Å²) in [4.78, 5) is 73.2. The number of aliphatic hydroxyl groups excluding tert-OH is 1. The van der Waals surface area contributed by atoms with E-state index >= 15 is 0 Å². The van der Waals surface area contributed by atoms with E-state index in [-0.39, 0.29) is 25.7 Å². The quantitative estimate of drug-likeness (QED) is 0.0222. The number of ether oxygens (including phenoxy) is 4. The maximum Gasteiger partial charge on any atom is 0.472 e. The molecule has 0 aromatic carbocycles. The van der Waals surface area contributed by atoms with Gasteiger partial charge >= 0.3 is 39.5 Å². The maximum atomic E-state index is 13.2. The van der Waals surface area contributed by atoms with Crippen molar-refractivity contribution in [3.05, 3.63) is 0 Å². The second kappa shape index (κ2) is 78.3. The van der Waals surface area contributed by atoms with Crippen LogP contribution >= 0.6 is 15.6 Å². The molecule has 0 aliphatic heterocycles. The summed E-state index contributed by atoms with van der Waals surface area (Å²) in [7, 11) is -9.93. The molecule has 0 heterocycles. The third-order valence-corrected chi connectivity index (χ3v) is 22.4. The van der Waals surface area contributed by atoms with Gasteiger partial charge in [-0.05, 0) is 37.5 Å². The highest BCUT2D eigenvalue weighted by atomic mass is 31.2. The van der Waals surface area contributed by atoms with Gasteiger partial charge in [0, 0.05) is 25.7 Å². The van der Waals surface area contributed by atoms with Gasteiger partial charge in [0.1, 0.15) is 19.3 Å². The number of aliphatic hydroxyl groups is 1. The summed E-state index contributed by atoms with van der Waals surface area (Å²) in [5.74, 6) is -0.612. The average molecular weight is 1550 g/mol. The number of esters is 4. The zero-order chi connectivity index (χ0) is 77.8. The molecule has 0 amide bonds. The molecular formula is C87H170O17P2. The van der Waals surface area contributed by atoms with E-state index < -0.39 is 97.5 Å². The van der Waals surface area contributed by atoms with Crippen molar-refractivity contribution in [3.63, 3.8) is 0 Å². The number of phosphoric acid groups is 2. The van der Waals surface area contributed by atoms with Crippen LogP contribution in [0.25, 0.3) is 0 Å². The number of hydrogen-bond donors (Lipinski definition) is 3. The highest BCUT2D eigenvalue weighted by Crippen LogP contribution is 2.45. The summed E-state index contributed by atoms with van der Waals surface area (Å²) in [5, 5.41) is 10.7. The van der Waals surface area contributed by atoms with Crippen molar-refractivity contribution in [3.8, 4) is 0 Å². The van der Waals surface area contributed by atoms with Crippen LogP contribution in [0.15, 0.2) is 0 Å². The predicted molar refractivity (Wildman–Crippen MR) is 437 cm³/mol. The summed E-state index contributed by atoms with van der Waals surface area (Å²) in [6, 6.07) is 0. The first-order valence-electron chi connectivity index (χ1n) is 45.0. The van der Waals surface area contributed by atoms with Crippen LogP contribution in [0.1, 0.15) is 465 Å². The number of carbonyl (C=O) groups excluding carboxylic acids is 4. The lowest BCUT2D eigenvalue weighted by Crippen LogP contribution is -2.30. The minimum absolute atomic E-state index is 0.106. The second-order valence-corrected chi connectivity index (χ2v) is 35.1. The van der Waals surface area contributed by atoms with Crippen molar-refractivity contribution < 1.29 is 80.2 Å². The Morgan fingerprint density at radius 3 is 0.642 bits per heavy atom. The smallest absolute Gasteiger partial charge is 0.462 e. The van der Waals surface area contributed by atoms with Crippen molar-refractivity contribution in [2.24, 2.45) is 11.8 Å². The lowest BCUT2D eigenvalue weighted by atomic mass is 10.0. The Hall–Kier alpha value is -1.94. The Morgan fingerprint density at radius 1 is 0.255 bits per heavy atom. The van der Waals surface area contributed by atoms with Gasteiger partial charge in [-0.15, -0.1) is 0 Å². The van der Waals surface area contributed by atoms with E-state index in [2.05, 4.69) is 41.5 Å². The Labute approximate surface area is 651 Å². The molecule has 3 N–H and O–H groups in total. The number of unbranched alkanes of at least 4 members (excludes halogenated alkanes) is 56. The van der Waals surface area contributed by atoms with E-state index in [1.807, 2.05) is 0 Å². The van der Waals surface area contributed by atoms with E-state index in [0.29, 0.717) is 25.7 Å². The van der Waals surface area contributed by atoms with E-state index in [1.165, 1.54) is 283 Å². The van der Waals surface area contributed by atoms with Gasteiger partial charge in [0.15, 0.2) is 12.2 Å². The molecule has 5 atom stereocenters. The molecular weight excluding hydrogens is 1380 g/mol. The summed E-state index contributed by atoms with van der Waals surface area (Å²) < 4.78 is 68.9. The molecule has 0 spiro atoms. The van der Waals surface area contributed by atoms with Crippen LogP contribution in [-0.4, -0.2) is 96.7 Å². The predicted octanol–water partition coefficient (Wildman–Crippen LogP) is 26.6. The third kappa shape index (κ3) is 80.1. The van der Waals surface area contributed by atoms with Gasteiger partial charge in [0.25, 0.3) is 0 Å². The molecule has 630 valence electrons. The molecule has 0 bridgehead atoms. The van der Waals surface area contributed by atoms with Gasteiger partial charge in [0.05, 0.1) is 26.4 Å². The van der Waals surface area contributed by atoms with E-state index in [9.17, 15) is 43.2 Å². The first-order chi connectivity index (χ1) is 51.4. The van der Waals surface area contributed by atoms with Crippen LogP contribution in [-0.2, 0) is 65.4 Å². The molecule has 0 aromatic heterocycles. The lowest BCUT2D eigenvalue weighted by Gasteiger charge is -2.21. The molecule has 19 heteroatoms. The Kier molecular flexibility index (Phi) is 76.9. The van der Waals surface area contributed by atoms with Crippen molar-refractivity contribution in [2.45, 2.75) is 484 Å². The lowest BCUT2D eigenvalue weighted by molar-refractivity contribution is -0.161. The van der Waals surface area contributed by atoms with E-state index in [1.54, 1.807) is 0 Å². The average Bonchev–Trinajstić information content (AvgIpc) is 0.904. The number of rotatable bonds is 86. The first-order valence-corrected chi connectivity index (χ1v) is 48.0. The van der Waals surface area contributed by atoms with E-state index in [0.717, 1.165) is 102 Å². The van der Waals surface area contributed by atoms with Crippen LogP contribution in [0, 0.1) is 11.8 Å². The van der Waals surface area contributed by atoms with Crippen molar-refractivity contribution in [2.75, 3.05) is 39.6 Å². The zero-order valence-corrected chi connectivity index (χ0v) is 71.5. The first kappa shape index (κ1) is 104. The molecule has 0 saturated heterocycles. The van der Waals surface area contributed by atoms with Gasteiger partial charge in [-0.1, -0.05) is 414 Å². The fourth-order valence-corrected chi connectivity index (χ4v) is 15.2. The topological polar surface area (TPSA) is 237 Å². The second-order valence-electron chi connectivity index (χ2n) is 32.2. The highest BCUT2D eigenvalue weighted by molar-refractivity contribution is 7.47. The molecule has 0 aliphatic carbocycles. The van der Waals surface area contributed by atoms with Gasteiger partial charge in [0.2, 0.25) is 0 Å². The summed E-state index contributed by atoms with van der Waals surface area (Å²) in [6.45, 7) is 9.63. The maximum absolute atomic E-state index is 13.2. The number of phosphoric ester groups is 2. The standard InChI is InChI=1S/C87H170O17P2/c1-7-9-11-13-15-17-19-21-23-25-27-28-29-31-33-35-37-41-45-53-59-65-71-86(91)103-82(75-97-84(89)69-63-57-51-44-40-36-34-32-30-26-24-22-20-18-16-14-12-10-8-2)77-101-105(93,94)99-73-81(88)74-100-106(95,96)102-78-83(76-98-85(90)70-64-58-52-48-47-50-56-62-68-80(5)6)104-87(92)72-66-60-54-46-42-38-39-43-49-55-61-67-79(3)4/h79-83,88H,7-78H2,1-6H3,(H,93,94)(H,95,96)/t81-,82-,83-/m1/s1. The number of hydrogen-bond acceptors (Lipinski definition) is 15. The molecule has 106 heavy (non-hydrogen) atoms. The Morgan fingerprint density at radius 2 is 0.434 bits per heavy atom. The zero-order valence-electron chi connectivity index (χ0n) is 69.7. The third-order valence-electron chi connectivity index (χ3n) is 20.5. The van der Waals surface area contributed by atoms with Crippen molar-refractivity contribution in [1.29, 1.82) is 0 Å². The Balaban J connectivity index is 5.22.